The van der Waals surface area contributed by atoms with Gasteiger partial charge in [0.25, 0.3) is 5.91 Å². The van der Waals surface area contributed by atoms with Crippen LogP contribution in [0.3, 0.4) is 0 Å². The first-order valence-electron chi connectivity index (χ1n) is 23.2. The number of aliphatic hydroxyl groups excluding tert-OH is 3. The number of aryl methyl sites for hydroxylation is 2. The SMILES string of the molecule is C=CCO[C@@]12Oc3ccc(Oc4ccc(C)c(C)c4)cc3[C@H]3[C@H](CCCCO)[C@@H](CCCCO)C=C(C(=NOCc4ccccc4)C[C@@H]1N(CCOCCO)C(=O)c1ccc(C#N)cc1)[C@H]32. The van der Waals surface area contributed by atoms with E-state index in [1.807, 2.05) is 60.7 Å². The van der Waals surface area contributed by atoms with E-state index in [9.17, 15) is 20.6 Å². The van der Waals surface area contributed by atoms with Gasteiger partial charge in [-0.05, 0) is 128 Å². The number of benzene rings is 4. The molecular formula is C54H63N3O9. The Bertz CT molecular complexity index is 2360. The third kappa shape index (κ3) is 10.9. The number of amides is 1. The lowest BCUT2D eigenvalue weighted by Gasteiger charge is -2.60. The largest absolute Gasteiger partial charge is 0.459 e. The average Bonchev–Trinajstić information content (AvgIpc) is 3.34. The monoisotopic (exact) mass is 897 g/mol. The van der Waals surface area contributed by atoms with Gasteiger partial charge in [-0.3, -0.25) is 4.79 Å². The van der Waals surface area contributed by atoms with Gasteiger partial charge in [0, 0.05) is 43.2 Å². The minimum absolute atomic E-state index is 0.0102. The smallest absolute Gasteiger partial charge is 0.254 e. The molecule has 348 valence electrons. The molecule has 66 heavy (non-hydrogen) atoms. The Labute approximate surface area is 388 Å². The summed E-state index contributed by atoms with van der Waals surface area (Å²) in [6, 6.07) is 29.7. The summed E-state index contributed by atoms with van der Waals surface area (Å²) in [5.74, 6) is -0.618. The van der Waals surface area contributed by atoms with E-state index in [-0.39, 0.29) is 82.9 Å². The van der Waals surface area contributed by atoms with Crippen LogP contribution in [0.15, 0.2) is 120 Å². The summed E-state index contributed by atoms with van der Waals surface area (Å²) in [5, 5.41) is 44.3. The van der Waals surface area contributed by atoms with Crippen LogP contribution in [0.5, 0.6) is 17.2 Å². The van der Waals surface area contributed by atoms with E-state index in [1.54, 1.807) is 35.2 Å². The molecule has 0 radical (unpaired) electrons. The molecule has 7 rings (SSSR count). The minimum Gasteiger partial charge on any atom is -0.459 e. The fraction of sp³-hybridized carbons (Fsp3) is 0.426. The number of carbonyl (C=O) groups excluding carboxylic acids is 1. The molecule has 12 nitrogen and oxygen atoms in total. The standard InChI is InChI=1S/C54H63N3O9/c1-4-28-63-54-50(57(24-29-62-30-27-60)53(61)41-19-17-39(35-55)18-20-41)34-48(56-64-36-40-12-6-5-7-13-40)46-32-42(14-8-10-25-58)45(15-9-11-26-59)51(52(46)54)47-33-44(22-23-49(47)66-54)65-43-21-16-37(2)38(3)31-43/h4-7,12-13,16-23,31-33,42,45,50-52,58-60H,1,8-11,14-15,24-30,34,36H2,2-3H3/t42-,45+,50-,51+,52+,54+/m0/s1. The Morgan fingerprint density at radius 1 is 0.909 bits per heavy atom. The van der Waals surface area contributed by atoms with E-state index in [1.165, 1.54) is 5.56 Å². The number of nitrogens with zero attached hydrogens (tertiary/aromatic N) is 3. The lowest BCUT2D eigenvalue weighted by atomic mass is 9.55. The van der Waals surface area contributed by atoms with Gasteiger partial charge in [-0.15, -0.1) is 6.58 Å². The van der Waals surface area contributed by atoms with Gasteiger partial charge in [0.05, 0.1) is 49.7 Å². The number of hydrogen-bond donors (Lipinski definition) is 3. The summed E-state index contributed by atoms with van der Waals surface area (Å²) >= 11 is 0. The van der Waals surface area contributed by atoms with Gasteiger partial charge >= 0.3 is 0 Å². The molecule has 1 amide bonds. The van der Waals surface area contributed by atoms with Crippen molar-refractivity contribution < 1.29 is 43.9 Å². The van der Waals surface area contributed by atoms with E-state index >= 15 is 4.79 Å². The zero-order chi connectivity index (χ0) is 46.5. The third-order valence-electron chi connectivity index (χ3n) is 13.2. The second-order valence-corrected chi connectivity index (χ2v) is 17.4. The Hall–Kier alpha value is -5.81. The van der Waals surface area contributed by atoms with Crippen molar-refractivity contribution in [2.24, 2.45) is 22.9 Å². The highest BCUT2D eigenvalue weighted by Gasteiger charge is 2.65. The fourth-order valence-electron chi connectivity index (χ4n) is 9.97. The molecule has 0 bridgehead atoms. The van der Waals surface area contributed by atoms with Gasteiger partial charge in [-0.1, -0.05) is 66.5 Å². The van der Waals surface area contributed by atoms with E-state index in [4.69, 9.17) is 28.9 Å². The average molecular weight is 898 g/mol. The van der Waals surface area contributed by atoms with E-state index in [0.717, 1.165) is 47.9 Å². The van der Waals surface area contributed by atoms with Crippen molar-refractivity contribution >= 4 is 11.6 Å². The molecule has 0 saturated heterocycles. The number of fused-ring (bicyclic) bond motifs is 2. The normalized spacial score (nSPS) is 22.3. The number of allylic oxidation sites excluding steroid dienone is 1. The molecule has 1 fully saturated rings. The molecule has 0 spiro atoms. The van der Waals surface area contributed by atoms with E-state index < -0.39 is 17.7 Å². The van der Waals surface area contributed by atoms with Crippen LogP contribution in [0.4, 0.5) is 0 Å². The predicted octanol–water partition coefficient (Wildman–Crippen LogP) is 8.95. The second-order valence-electron chi connectivity index (χ2n) is 17.4. The highest BCUT2D eigenvalue weighted by atomic mass is 16.7. The molecule has 12 heteroatoms. The highest BCUT2D eigenvalue weighted by molar-refractivity contribution is 6.03. The van der Waals surface area contributed by atoms with Crippen LogP contribution in [-0.2, 0) is 20.9 Å². The Morgan fingerprint density at radius 3 is 2.36 bits per heavy atom. The summed E-state index contributed by atoms with van der Waals surface area (Å²) in [4.78, 5) is 23.1. The lowest BCUT2D eigenvalue weighted by Crippen LogP contribution is -2.70. The topological polar surface area (TPSA) is 163 Å². The van der Waals surface area contributed by atoms with Crippen molar-refractivity contribution in [2.45, 2.75) is 83.1 Å². The zero-order valence-electron chi connectivity index (χ0n) is 38.1. The molecular weight excluding hydrogens is 835 g/mol. The van der Waals surface area contributed by atoms with E-state index in [2.05, 4.69) is 38.6 Å². The van der Waals surface area contributed by atoms with Crippen LogP contribution in [0.25, 0.3) is 0 Å². The quantitative estimate of drug-likeness (QED) is 0.0372. The number of aliphatic hydroxyl groups is 3. The van der Waals surface area contributed by atoms with Crippen LogP contribution < -0.4 is 9.47 Å². The van der Waals surface area contributed by atoms with Crippen LogP contribution in [-0.4, -0.2) is 89.9 Å². The van der Waals surface area contributed by atoms with Crippen LogP contribution in [0, 0.1) is 42.9 Å². The fourth-order valence-corrected chi connectivity index (χ4v) is 9.97. The number of carbonyl (C=O) groups is 1. The number of rotatable bonds is 23. The maximum absolute atomic E-state index is 15.2. The summed E-state index contributed by atoms with van der Waals surface area (Å²) in [5.41, 5.74) is 6.53. The number of nitriles is 1. The van der Waals surface area contributed by atoms with Crippen molar-refractivity contribution in [3.8, 4) is 23.3 Å². The third-order valence-corrected chi connectivity index (χ3v) is 13.2. The number of unbranched alkanes of at least 4 members (excludes halogenated alkanes) is 2. The van der Waals surface area contributed by atoms with Gasteiger partial charge < -0.3 is 44.0 Å². The van der Waals surface area contributed by atoms with Gasteiger partial charge in [0.1, 0.15) is 29.9 Å². The van der Waals surface area contributed by atoms with Crippen molar-refractivity contribution in [3.63, 3.8) is 0 Å². The predicted molar refractivity (Wildman–Crippen MR) is 252 cm³/mol. The van der Waals surface area contributed by atoms with Crippen molar-refractivity contribution in [3.05, 3.63) is 149 Å². The molecule has 4 aromatic carbocycles. The number of ether oxygens (including phenoxy) is 4. The van der Waals surface area contributed by atoms with E-state index in [0.29, 0.717) is 46.9 Å². The number of hydrogen-bond acceptors (Lipinski definition) is 11. The first kappa shape index (κ1) is 48.1. The molecule has 2 aliphatic carbocycles. The van der Waals surface area contributed by atoms with Crippen LogP contribution in [0.1, 0.15) is 89.0 Å². The molecule has 0 aromatic heterocycles. The van der Waals surface area contributed by atoms with Crippen LogP contribution >= 0.6 is 0 Å². The van der Waals surface area contributed by atoms with Crippen molar-refractivity contribution in [1.82, 2.24) is 4.90 Å². The maximum Gasteiger partial charge on any atom is 0.254 e. The van der Waals surface area contributed by atoms with Crippen molar-refractivity contribution in [1.29, 1.82) is 5.26 Å². The van der Waals surface area contributed by atoms with Gasteiger partial charge in [0.2, 0.25) is 5.79 Å². The Morgan fingerprint density at radius 2 is 1.65 bits per heavy atom. The molecule has 0 unspecified atom stereocenters. The second kappa shape index (κ2) is 23.1. The Balaban J connectivity index is 1.45. The molecule has 3 N–H and O–H groups in total. The molecule has 6 atom stereocenters. The van der Waals surface area contributed by atoms with Gasteiger partial charge in [-0.25, -0.2) is 0 Å². The first-order chi connectivity index (χ1) is 32.2. The summed E-state index contributed by atoms with van der Waals surface area (Å²) in [6.45, 7) is 8.79. The Kier molecular flexibility index (Phi) is 16.8. The van der Waals surface area contributed by atoms with Crippen LogP contribution in [0.2, 0.25) is 0 Å². The van der Waals surface area contributed by atoms with Crippen molar-refractivity contribution in [2.75, 3.05) is 46.2 Å². The lowest BCUT2D eigenvalue weighted by molar-refractivity contribution is -0.254. The summed E-state index contributed by atoms with van der Waals surface area (Å²) in [7, 11) is 0. The molecule has 1 heterocycles. The molecule has 4 aromatic rings. The maximum atomic E-state index is 15.2. The number of oxime groups is 1. The van der Waals surface area contributed by atoms with Gasteiger partial charge in [-0.2, -0.15) is 5.26 Å². The summed E-state index contributed by atoms with van der Waals surface area (Å²) < 4.78 is 27.0. The summed E-state index contributed by atoms with van der Waals surface area (Å²) in [6.07, 6.45) is 8.64. The zero-order valence-corrected chi connectivity index (χ0v) is 38.1. The molecule has 1 aliphatic heterocycles. The minimum atomic E-state index is -1.50. The highest BCUT2D eigenvalue weighted by Crippen LogP contribution is 2.62. The molecule has 1 saturated carbocycles. The van der Waals surface area contributed by atoms with Gasteiger partial charge in [0.15, 0.2) is 0 Å². The first-order valence-corrected chi connectivity index (χ1v) is 23.2. The molecule has 3 aliphatic rings.